The Balaban J connectivity index is 2.44. The van der Waals surface area contributed by atoms with E-state index in [4.69, 9.17) is 14.2 Å². The molecule has 0 fully saturated rings. The molecule has 0 radical (unpaired) electrons. The molecule has 0 spiro atoms. The highest BCUT2D eigenvalue weighted by Gasteiger charge is 2.04. The SMILES string of the molecule is CC=Cc1ccc(OCCNCCOC)c(OC)c1. The molecular weight excluding hydrogens is 242 g/mol. The van der Waals surface area contributed by atoms with Crippen LogP contribution in [0, 0.1) is 0 Å². The van der Waals surface area contributed by atoms with Gasteiger partial charge in [-0.2, -0.15) is 0 Å². The summed E-state index contributed by atoms with van der Waals surface area (Å²) in [6.45, 7) is 4.91. The average Bonchev–Trinajstić information content (AvgIpc) is 2.44. The van der Waals surface area contributed by atoms with Crippen molar-refractivity contribution in [2.75, 3.05) is 40.5 Å². The summed E-state index contributed by atoms with van der Waals surface area (Å²) < 4.78 is 16.0. The van der Waals surface area contributed by atoms with Crippen molar-refractivity contribution in [1.82, 2.24) is 5.32 Å². The fourth-order valence-electron chi connectivity index (χ4n) is 1.63. The second-order valence-corrected chi connectivity index (χ2v) is 4.00. The number of rotatable bonds is 9. The third kappa shape index (κ3) is 5.77. The molecule has 0 amide bonds. The van der Waals surface area contributed by atoms with Crippen molar-refractivity contribution >= 4 is 6.08 Å². The van der Waals surface area contributed by atoms with Crippen molar-refractivity contribution in [2.24, 2.45) is 0 Å². The van der Waals surface area contributed by atoms with Crippen LogP contribution in [-0.4, -0.2) is 40.5 Å². The fraction of sp³-hybridized carbons (Fsp3) is 0.467. The van der Waals surface area contributed by atoms with Crippen LogP contribution >= 0.6 is 0 Å². The quantitative estimate of drug-likeness (QED) is 0.696. The monoisotopic (exact) mass is 265 g/mol. The van der Waals surface area contributed by atoms with E-state index in [9.17, 15) is 0 Å². The third-order valence-corrected chi connectivity index (χ3v) is 2.57. The van der Waals surface area contributed by atoms with Gasteiger partial charge in [0.1, 0.15) is 6.61 Å². The molecule has 4 nitrogen and oxygen atoms in total. The lowest BCUT2D eigenvalue weighted by molar-refractivity contribution is 0.196. The maximum Gasteiger partial charge on any atom is 0.161 e. The molecule has 1 N–H and O–H groups in total. The Labute approximate surface area is 115 Å². The standard InChI is InChI=1S/C15H23NO3/c1-4-5-13-6-7-14(15(12-13)18-3)19-11-9-16-8-10-17-2/h4-7,12,16H,8-11H2,1-3H3. The smallest absolute Gasteiger partial charge is 0.161 e. The zero-order chi connectivity index (χ0) is 13.9. The first-order chi connectivity index (χ1) is 9.31. The predicted molar refractivity (Wildman–Crippen MR) is 77.9 cm³/mol. The van der Waals surface area contributed by atoms with Crippen LogP contribution in [0.1, 0.15) is 12.5 Å². The van der Waals surface area contributed by atoms with Crippen LogP contribution in [0.25, 0.3) is 6.08 Å². The van der Waals surface area contributed by atoms with E-state index < -0.39 is 0 Å². The molecule has 0 saturated heterocycles. The molecular formula is C15H23NO3. The van der Waals surface area contributed by atoms with Crippen molar-refractivity contribution in [3.63, 3.8) is 0 Å². The number of allylic oxidation sites excluding steroid dienone is 1. The summed E-state index contributed by atoms with van der Waals surface area (Å²) in [7, 11) is 3.34. The van der Waals surface area contributed by atoms with Crippen molar-refractivity contribution in [3.8, 4) is 11.5 Å². The van der Waals surface area contributed by atoms with Crippen molar-refractivity contribution < 1.29 is 14.2 Å². The highest BCUT2D eigenvalue weighted by Crippen LogP contribution is 2.28. The van der Waals surface area contributed by atoms with Crippen LogP contribution in [0.3, 0.4) is 0 Å². The molecule has 0 aromatic heterocycles. The molecule has 0 bridgehead atoms. The van der Waals surface area contributed by atoms with E-state index in [1.807, 2.05) is 37.3 Å². The minimum absolute atomic E-state index is 0.600. The first kappa shape index (κ1) is 15.5. The van der Waals surface area contributed by atoms with Gasteiger partial charge in [0.25, 0.3) is 0 Å². The Morgan fingerprint density at radius 2 is 1.89 bits per heavy atom. The maximum atomic E-state index is 5.69. The normalized spacial score (nSPS) is 10.9. The lowest BCUT2D eigenvalue weighted by Crippen LogP contribution is -2.24. The van der Waals surface area contributed by atoms with Gasteiger partial charge in [-0.1, -0.05) is 18.2 Å². The van der Waals surface area contributed by atoms with E-state index >= 15 is 0 Å². The second kappa shape index (κ2) is 9.42. The summed E-state index contributed by atoms with van der Waals surface area (Å²) in [6.07, 6.45) is 4.02. The summed E-state index contributed by atoms with van der Waals surface area (Å²) in [5, 5.41) is 3.22. The van der Waals surface area contributed by atoms with Crippen LogP contribution in [-0.2, 0) is 4.74 Å². The Morgan fingerprint density at radius 3 is 2.58 bits per heavy atom. The Kier molecular flexibility index (Phi) is 7.70. The van der Waals surface area contributed by atoms with Gasteiger partial charge in [-0.05, 0) is 24.6 Å². The lowest BCUT2D eigenvalue weighted by Gasteiger charge is -2.11. The zero-order valence-electron chi connectivity index (χ0n) is 11.9. The predicted octanol–water partition coefficient (Wildman–Crippen LogP) is 2.34. The van der Waals surface area contributed by atoms with Gasteiger partial charge >= 0.3 is 0 Å². The maximum absolute atomic E-state index is 5.69. The van der Waals surface area contributed by atoms with E-state index in [-0.39, 0.29) is 0 Å². The van der Waals surface area contributed by atoms with Crippen LogP contribution < -0.4 is 14.8 Å². The number of ether oxygens (including phenoxy) is 3. The van der Waals surface area contributed by atoms with Gasteiger partial charge in [-0.25, -0.2) is 0 Å². The molecule has 0 atom stereocenters. The van der Waals surface area contributed by atoms with E-state index in [1.54, 1.807) is 14.2 Å². The highest BCUT2D eigenvalue weighted by molar-refractivity contribution is 5.55. The topological polar surface area (TPSA) is 39.7 Å². The van der Waals surface area contributed by atoms with Crippen molar-refractivity contribution in [2.45, 2.75) is 6.92 Å². The molecule has 106 valence electrons. The largest absolute Gasteiger partial charge is 0.493 e. The first-order valence-electron chi connectivity index (χ1n) is 6.45. The second-order valence-electron chi connectivity index (χ2n) is 4.00. The Bertz CT molecular complexity index is 391. The summed E-state index contributed by atoms with van der Waals surface area (Å²) in [6, 6.07) is 5.91. The van der Waals surface area contributed by atoms with Gasteiger partial charge in [0.05, 0.1) is 13.7 Å². The van der Waals surface area contributed by atoms with Gasteiger partial charge in [-0.15, -0.1) is 0 Å². The number of nitrogens with one attached hydrogen (secondary N) is 1. The molecule has 0 aliphatic carbocycles. The summed E-state index contributed by atoms with van der Waals surface area (Å²) in [4.78, 5) is 0. The van der Waals surface area contributed by atoms with Crippen LogP contribution in [0.5, 0.6) is 11.5 Å². The minimum atomic E-state index is 0.600. The fourth-order valence-corrected chi connectivity index (χ4v) is 1.63. The molecule has 0 aliphatic rings. The third-order valence-electron chi connectivity index (χ3n) is 2.57. The summed E-state index contributed by atoms with van der Waals surface area (Å²) >= 11 is 0. The first-order valence-corrected chi connectivity index (χ1v) is 6.45. The molecule has 0 saturated carbocycles. The van der Waals surface area contributed by atoms with E-state index in [1.165, 1.54) is 0 Å². The highest BCUT2D eigenvalue weighted by atomic mass is 16.5. The van der Waals surface area contributed by atoms with Gasteiger partial charge in [0.15, 0.2) is 11.5 Å². The van der Waals surface area contributed by atoms with E-state index in [0.717, 1.165) is 30.2 Å². The Morgan fingerprint density at radius 1 is 1.11 bits per heavy atom. The molecule has 1 rings (SSSR count). The number of methoxy groups -OCH3 is 2. The van der Waals surface area contributed by atoms with Crippen LogP contribution in [0.4, 0.5) is 0 Å². The van der Waals surface area contributed by atoms with Crippen LogP contribution in [0.2, 0.25) is 0 Å². The summed E-state index contributed by atoms with van der Waals surface area (Å²) in [5.74, 6) is 1.52. The minimum Gasteiger partial charge on any atom is -0.493 e. The van der Waals surface area contributed by atoms with Crippen LogP contribution in [0.15, 0.2) is 24.3 Å². The summed E-state index contributed by atoms with van der Waals surface area (Å²) in [5.41, 5.74) is 1.10. The molecule has 1 aromatic rings. The van der Waals surface area contributed by atoms with Gasteiger partial charge in [0.2, 0.25) is 0 Å². The van der Waals surface area contributed by atoms with Crippen molar-refractivity contribution in [1.29, 1.82) is 0 Å². The molecule has 4 heteroatoms. The van der Waals surface area contributed by atoms with Gasteiger partial charge < -0.3 is 19.5 Å². The van der Waals surface area contributed by atoms with Crippen molar-refractivity contribution in [3.05, 3.63) is 29.8 Å². The molecule has 0 unspecified atom stereocenters. The van der Waals surface area contributed by atoms with Gasteiger partial charge in [-0.3, -0.25) is 0 Å². The van der Waals surface area contributed by atoms with E-state index in [0.29, 0.717) is 13.2 Å². The number of hydrogen-bond acceptors (Lipinski definition) is 4. The number of hydrogen-bond donors (Lipinski definition) is 1. The zero-order valence-corrected chi connectivity index (χ0v) is 11.9. The molecule has 19 heavy (non-hydrogen) atoms. The molecule has 0 heterocycles. The number of benzene rings is 1. The van der Waals surface area contributed by atoms with Gasteiger partial charge in [0, 0.05) is 20.2 Å². The molecule has 0 aliphatic heterocycles. The van der Waals surface area contributed by atoms with E-state index in [2.05, 4.69) is 5.32 Å². The molecule has 1 aromatic carbocycles. The Hall–Kier alpha value is -1.52. The lowest BCUT2D eigenvalue weighted by atomic mass is 10.2. The average molecular weight is 265 g/mol.